The van der Waals surface area contributed by atoms with E-state index in [0.717, 1.165) is 30.9 Å². The molecule has 118 valence electrons. The van der Waals surface area contributed by atoms with Crippen molar-refractivity contribution in [2.75, 3.05) is 16.8 Å². The van der Waals surface area contributed by atoms with E-state index in [1.54, 1.807) is 6.92 Å². The van der Waals surface area contributed by atoms with E-state index in [2.05, 4.69) is 40.5 Å². The molecule has 0 aliphatic carbocycles. The molecule has 0 bridgehead atoms. The third-order valence-electron chi connectivity index (χ3n) is 4.55. The standard InChI is InChI=1S/C19H20N2O2/c1-13-19(22)20-16-11-14(8-9-18(16)23-13)12-21-10-4-6-15-5-2-3-7-17(15)21/h2-3,5,7-9,11,13H,4,6,10,12H2,1H3,(H,20,22). The molecule has 1 unspecified atom stereocenters. The Balaban J connectivity index is 1.59. The van der Waals surface area contributed by atoms with Crippen molar-refractivity contribution in [3.8, 4) is 5.75 Å². The number of aryl methyl sites for hydroxylation is 1. The van der Waals surface area contributed by atoms with Gasteiger partial charge in [0.05, 0.1) is 5.69 Å². The fourth-order valence-electron chi connectivity index (χ4n) is 3.35. The number of ether oxygens (including phenoxy) is 1. The summed E-state index contributed by atoms with van der Waals surface area (Å²) in [4.78, 5) is 14.2. The number of anilines is 2. The van der Waals surface area contributed by atoms with Crippen molar-refractivity contribution in [1.29, 1.82) is 0 Å². The highest BCUT2D eigenvalue weighted by atomic mass is 16.5. The SMILES string of the molecule is CC1Oc2ccc(CN3CCCc4ccccc43)cc2NC1=O. The molecule has 0 spiro atoms. The summed E-state index contributed by atoms with van der Waals surface area (Å²) in [6, 6.07) is 14.7. The largest absolute Gasteiger partial charge is 0.479 e. The molecule has 0 aromatic heterocycles. The van der Waals surface area contributed by atoms with Gasteiger partial charge in [0, 0.05) is 18.8 Å². The number of benzene rings is 2. The van der Waals surface area contributed by atoms with Crippen LogP contribution in [0.4, 0.5) is 11.4 Å². The topological polar surface area (TPSA) is 41.6 Å². The van der Waals surface area contributed by atoms with Crippen molar-refractivity contribution >= 4 is 17.3 Å². The van der Waals surface area contributed by atoms with E-state index in [4.69, 9.17) is 4.74 Å². The summed E-state index contributed by atoms with van der Waals surface area (Å²) in [6.07, 6.45) is 1.90. The van der Waals surface area contributed by atoms with Gasteiger partial charge in [-0.05, 0) is 49.1 Å². The van der Waals surface area contributed by atoms with Crippen LogP contribution in [0.1, 0.15) is 24.5 Å². The van der Waals surface area contributed by atoms with Gasteiger partial charge in [-0.3, -0.25) is 4.79 Å². The van der Waals surface area contributed by atoms with Gasteiger partial charge in [-0.1, -0.05) is 24.3 Å². The second kappa shape index (κ2) is 5.61. The first-order valence-corrected chi connectivity index (χ1v) is 8.14. The van der Waals surface area contributed by atoms with Gasteiger partial charge in [0.2, 0.25) is 0 Å². The van der Waals surface area contributed by atoms with Gasteiger partial charge >= 0.3 is 0 Å². The van der Waals surface area contributed by atoms with Gasteiger partial charge in [-0.2, -0.15) is 0 Å². The Labute approximate surface area is 136 Å². The van der Waals surface area contributed by atoms with Gasteiger partial charge in [-0.15, -0.1) is 0 Å². The van der Waals surface area contributed by atoms with Crippen LogP contribution in [0.2, 0.25) is 0 Å². The molecule has 2 heterocycles. The molecule has 1 N–H and O–H groups in total. The molecule has 1 amide bonds. The van der Waals surface area contributed by atoms with E-state index in [9.17, 15) is 4.79 Å². The van der Waals surface area contributed by atoms with Crippen LogP contribution in [-0.2, 0) is 17.8 Å². The molecule has 2 aromatic rings. The molecule has 0 radical (unpaired) electrons. The van der Waals surface area contributed by atoms with Crippen LogP contribution in [-0.4, -0.2) is 18.6 Å². The van der Waals surface area contributed by atoms with Crippen molar-refractivity contribution in [1.82, 2.24) is 0 Å². The molecule has 0 fully saturated rings. The smallest absolute Gasteiger partial charge is 0.265 e. The number of hydrogen-bond acceptors (Lipinski definition) is 3. The first-order valence-electron chi connectivity index (χ1n) is 8.14. The van der Waals surface area contributed by atoms with Crippen molar-refractivity contribution in [2.24, 2.45) is 0 Å². The minimum atomic E-state index is -0.428. The average Bonchev–Trinajstić information content (AvgIpc) is 2.57. The maximum absolute atomic E-state index is 11.8. The minimum Gasteiger partial charge on any atom is -0.479 e. The Morgan fingerprint density at radius 1 is 1.26 bits per heavy atom. The van der Waals surface area contributed by atoms with E-state index in [1.807, 2.05) is 12.1 Å². The van der Waals surface area contributed by atoms with Gasteiger partial charge < -0.3 is 15.0 Å². The summed E-state index contributed by atoms with van der Waals surface area (Å²) >= 11 is 0. The van der Waals surface area contributed by atoms with Crippen molar-refractivity contribution in [2.45, 2.75) is 32.4 Å². The molecule has 2 aliphatic rings. The van der Waals surface area contributed by atoms with Crippen LogP contribution in [0.25, 0.3) is 0 Å². The lowest BCUT2D eigenvalue weighted by Gasteiger charge is -2.32. The number of nitrogens with one attached hydrogen (secondary N) is 1. The van der Waals surface area contributed by atoms with E-state index in [-0.39, 0.29) is 5.91 Å². The monoisotopic (exact) mass is 308 g/mol. The maximum Gasteiger partial charge on any atom is 0.265 e. The summed E-state index contributed by atoms with van der Waals surface area (Å²) < 4.78 is 5.62. The Hall–Kier alpha value is -2.49. The van der Waals surface area contributed by atoms with E-state index < -0.39 is 6.10 Å². The van der Waals surface area contributed by atoms with E-state index in [1.165, 1.54) is 23.2 Å². The number of nitrogens with zero attached hydrogens (tertiary/aromatic N) is 1. The summed E-state index contributed by atoms with van der Waals surface area (Å²) in [5.41, 5.74) is 4.70. The van der Waals surface area contributed by atoms with Crippen LogP contribution in [0.3, 0.4) is 0 Å². The molecule has 4 heteroatoms. The Morgan fingerprint density at radius 3 is 3.04 bits per heavy atom. The first kappa shape index (κ1) is 14.1. The summed E-state index contributed by atoms with van der Waals surface area (Å²) in [7, 11) is 0. The molecule has 2 aromatic carbocycles. The van der Waals surface area contributed by atoms with E-state index >= 15 is 0 Å². The average molecular weight is 308 g/mol. The highest BCUT2D eigenvalue weighted by molar-refractivity contribution is 5.97. The number of amides is 1. The molecule has 23 heavy (non-hydrogen) atoms. The molecule has 4 rings (SSSR count). The number of carbonyl (C=O) groups is 1. The van der Waals surface area contributed by atoms with Crippen LogP contribution in [0, 0.1) is 0 Å². The predicted molar refractivity (Wildman–Crippen MR) is 91.0 cm³/mol. The van der Waals surface area contributed by atoms with E-state index in [0.29, 0.717) is 0 Å². The van der Waals surface area contributed by atoms with Crippen molar-refractivity contribution < 1.29 is 9.53 Å². The molecular weight excluding hydrogens is 288 g/mol. The van der Waals surface area contributed by atoms with Gasteiger partial charge in [0.15, 0.2) is 6.10 Å². The minimum absolute atomic E-state index is 0.0852. The second-order valence-corrected chi connectivity index (χ2v) is 6.23. The lowest BCUT2D eigenvalue weighted by molar-refractivity contribution is -0.122. The normalized spacial score (nSPS) is 19.4. The molecule has 0 saturated carbocycles. The number of fused-ring (bicyclic) bond motifs is 2. The molecule has 0 saturated heterocycles. The number of carbonyl (C=O) groups excluding carboxylic acids is 1. The van der Waals surface area contributed by atoms with Gasteiger partial charge in [-0.25, -0.2) is 0 Å². The third kappa shape index (κ3) is 2.65. The summed E-state index contributed by atoms with van der Waals surface area (Å²) in [6.45, 7) is 3.67. The zero-order valence-corrected chi connectivity index (χ0v) is 13.2. The third-order valence-corrected chi connectivity index (χ3v) is 4.55. The van der Waals surface area contributed by atoms with Gasteiger partial charge in [0.25, 0.3) is 5.91 Å². The molecule has 2 aliphatic heterocycles. The molecule has 4 nitrogen and oxygen atoms in total. The number of rotatable bonds is 2. The van der Waals surface area contributed by atoms with Gasteiger partial charge in [0.1, 0.15) is 5.75 Å². The van der Waals surface area contributed by atoms with Crippen LogP contribution >= 0.6 is 0 Å². The quantitative estimate of drug-likeness (QED) is 0.925. The highest BCUT2D eigenvalue weighted by Crippen LogP contribution is 2.32. The zero-order chi connectivity index (χ0) is 15.8. The Bertz CT molecular complexity index is 757. The van der Waals surface area contributed by atoms with Crippen molar-refractivity contribution in [3.05, 3.63) is 53.6 Å². The fraction of sp³-hybridized carbons (Fsp3) is 0.316. The predicted octanol–water partition coefficient (Wildman–Crippen LogP) is 3.36. The van der Waals surface area contributed by atoms with Crippen LogP contribution in [0.15, 0.2) is 42.5 Å². The lowest BCUT2D eigenvalue weighted by atomic mass is 10.0. The van der Waals surface area contributed by atoms with Crippen molar-refractivity contribution in [3.63, 3.8) is 0 Å². The molecule has 1 atom stereocenters. The summed E-state index contributed by atoms with van der Waals surface area (Å²) in [5, 5.41) is 2.92. The Kier molecular flexibility index (Phi) is 3.45. The van der Waals surface area contributed by atoms with Crippen LogP contribution < -0.4 is 15.0 Å². The van der Waals surface area contributed by atoms with Crippen LogP contribution in [0.5, 0.6) is 5.75 Å². The maximum atomic E-state index is 11.8. The number of hydrogen-bond donors (Lipinski definition) is 1. The Morgan fingerprint density at radius 2 is 2.13 bits per heavy atom. The second-order valence-electron chi connectivity index (χ2n) is 6.23. The summed E-state index contributed by atoms with van der Waals surface area (Å²) in [5.74, 6) is 0.665. The fourth-order valence-corrected chi connectivity index (χ4v) is 3.35. The first-order chi connectivity index (χ1) is 11.2. The molecular formula is C19H20N2O2. The number of para-hydroxylation sites is 1. The lowest BCUT2D eigenvalue weighted by Crippen LogP contribution is -2.34. The highest BCUT2D eigenvalue weighted by Gasteiger charge is 2.24. The zero-order valence-electron chi connectivity index (χ0n) is 13.2.